The van der Waals surface area contributed by atoms with E-state index in [0.717, 1.165) is 25.9 Å². The first-order valence-electron chi connectivity index (χ1n) is 6.08. The van der Waals surface area contributed by atoms with Crippen molar-refractivity contribution >= 4 is 15.9 Å². The summed E-state index contributed by atoms with van der Waals surface area (Å²) in [5, 5.41) is 13.2. The molecule has 100 valence electrons. The number of rotatable bonds is 3. The van der Waals surface area contributed by atoms with Crippen molar-refractivity contribution < 1.29 is 14.2 Å². The van der Waals surface area contributed by atoms with Gasteiger partial charge in [0.25, 0.3) is 0 Å². The van der Waals surface area contributed by atoms with Gasteiger partial charge in [-0.2, -0.15) is 0 Å². The second kappa shape index (κ2) is 5.89. The minimum atomic E-state index is -0.331. The third-order valence-electron chi connectivity index (χ3n) is 3.36. The Labute approximate surface area is 114 Å². The lowest BCUT2D eigenvalue weighted by Crippen LogP contribution is -2.31. The molecule has 1 aliphatic rings. The molecule has 1 atom stereocenters. The summed E-state index contributed by atoms with van der Waals surface area (Å²) in [5.41, 5.74) is 0.530. The molecule has 1 aliphatic heterocycles. The summed E-state index contributed by atoms with van der Waals surface area (Å²) in [6, 6.07) is 1.24. The number of halogens is 2. The molecule has 0 radical (unpaired) electrons. The highest BCUT2D eigenvalue weighted by molar-refractivity contribution is 9.10. The van der Waals surface area contributed by atoms with Crippen LogP contribution in [-0.4, -0.2) is 25.3 Å². The van der Waals surface area contributed by atoms with E-state index in [4.69, 9.17) is 4.74 Å². The van der Waals surface area contributed by atoms with Gasteiger partial charge in [0.05, 0.1) is 11.6 Å². The number of aromatic hydroxyl groups is 1. The number of hydrogen-bond acceptors (Lipinski definition) is 3. The van der Waals surface area contributed by atoms with Gasteiger partial charge in [0.2, 0.25) is 0 Å². The second-order valence-electron chi connectivity index (χ2n) is 4.62. The van der Waals surface area contributed by atoms with Crippen LogP contribution in [0.1, 0.15) is 18.4 Å². The summed E-state index contributed by atoms with van der Waals surface area (Å²) in [5.74, 6) is 0.210. The molecule has 1 saturated heterocycles. The van der Waals surface area contributed by atoms with E-state index in [1.54, 1.807) is 0 Å². The van der Waals surface area contributed by atoms with E-state index in [9.17, 15) is 9.50 Å². The molecular weight excluding hydrogens is 301 g/mol. The quantitative estimate of drug-likeness (QED) is 0.900. The van der Waals surface area contributed by atoms with Crippen LogP contribution in [-0.2, 0) is 6.42 Å². The van der Waals surface area contributed by atoms with Crippen molar-refractivity contribution in [2.24, 2.45) is 5.92 Å². The molecule has 0 amide bonds. The third-order valence-corrected chi connectivity index (χ3v) is 4.22. The molecule has 1 unspecified atom stereocenters. The largest absolute Gasteiger partial charge is 0.503 e. The highest BCUT2D eigenvalue weighted by Crippen LogP contribution is 2.39. The lowest BCUT2D eigenvalue weighted by molar-refractivity contribution is 0.358. The van der Waals surface area contributed by atoms with Crippen molar-refractivity contribution in [1.29, 1.82) is 0 Å². The van der Waals surface area contributed by atoms with Crippen molar-refractivity contribution in [3.8, 4) is 11.5 Å². The first-order valence-corrected chi connectivity index (χ1v) is 6.87. The fourth-order valence-corrected chi connectivity index (χ4v) is 2.90. The minimum absolute atomic E-state index is 0.0299. The van der Waals surface area contributed by atoms with Gasteiger partial charge in [-0.15, -0.1) is 0 Å². The normalized spacial score (nSPS) is 19.8. The molecule has 18 heavy (non-hydrogen) atoms. The van der Waals surface area contributed by atoms with Crippen LogP contribution in [0.5, 0.6) is 11.5 Å². The number of benzene rings is 1. The van der Waals surface area contributed by atoms with E-state index in [1.165, 1.54) is 13.2 Å². The monoisotopic (exact) mass is 317 g/mol. The number of phenolic OH excluding ortho intramolecular Hbond substituents is 1. The van der Waals surface area contributed by atoms with Gasteiger partial charge in [0, 0.05) is 11.6 Å². The van der Waals surface area contributed by atoms with Crippen LogP contribution in [0, 0.1) is 11.7 Å². The zero-order chi connectivity index (χ0) is 13.1. The van der Waals surface area contributed by atoms with Crippen LogP contribution < -0.4 is 10.1 Å². The van der Waals surface area contributed by atoms with Crippen molar-refractivity contribution in [3.63, 3.8) is 0 Å². The summed E-state index contributed by atoms with van der Waals surface area (Å²) in [6.45, 7) is 1.94. The van der Waals surface area contributed by atoms with E-state index in [2.05, 4.69) is 21.2 Å². The number of hydrogen-bond donors (Lipinski definition) is 2. The molecule has 3 nitrogen and oxygen atoms in total. The number of piperidine rings is 1. The topological polar surface area (TPSA) is 41.5 Å². The SMILES string of the molecule is COc1cc(F)c(CC2CCCNC2)c(Br)c1O. The van der Waals surface area contributed by atoms with Crippen LogP contribution >= 0.6 is 15.9 Å². The maximum Gasteiger partial charge on any atom is 0.172 e. The number of ether oxygens (including phenoxy) is 1. The fraction of sp³-hybridized carbons (Fsp3) is 0.538. The first-order chi connectivity index (χ1) is 8.63. The summed E-state index contributed by atoms with van der Waals surface area (Å²) in [6.07, 6.45) is 2.83. The van der Waals surface area contributed by atoms with Crippen LogP contribution in [0.15, 0.2) is 10.5 Å². The third kappa shape index (κ3) is 2.78. The van der Waals surface area contributed by atoms with Crippen LogP contribution in [0.25, 0.3) is 0 Å². The van der Waals surface area contributed by atoms with Crippen molar-refractivity contribution in [1.82, 2.24) is 5.32 Å². The number of methoxy groups -OCH3 is 1. The Kier molecular flexibility index (Phi) is 4.45. The average molecular weight is 318 g/mol. The molecule has 0 aromatic heterocycles. The Morgan fingerprint density at radius 1 is 1.61 bits per heavy atom. The zero-order valence-corrected chi connectivity index (χ0v) is 11.9. The molecule has 0 aliphatic carbocycles. The Morgan fingerprint density at radius 3 is 3.00 bits per heavy atom. The minimum Gasteiger partial charge on any atom is -0.503 e. The van der Waals surface area contributed by atoms with Crippen LogP contribution in [0.2, 0.25) is 0 Å². The van der Waals surface area contributed by atoms with Gasteiger partial charge in [0.1, 0.15) is 5.82 Å². The van der Waals surface area contributed by atoms with Crippen LogP contribution in [0.3, 0.4) is 0 Å². The van der Waals surface area contributed by atoms with Gasteiger partial charge in [-0.3, -0.25) is 0 Å². The highest BCUT2D eigenvalue weighted by Gasteiger charge is 2.21. The fourth-order valence-electron chi connectivity index (χ4n) is 2.36. The molecule has 0 spiro atoms. The Bertz CT molecular complexity index is 433. The highest BCUT2D eigenvalue weighted by atomic mass is 79.9. The Morgan fingerprint density at radius 2 is 2.39 bits per heavy atom. The molecule has 5 heteroatoms. The summed E-state index contributed by atoms with van der Waals surface area (Å²) in [7, 11) is 1.41. The maximum atomic E-state index is 14.0. The molecule has 2 rings (SSSR count). The first kappa shape index (κ1) is 13.6. The van der Waals surface area contributed by atoms with Crippen LogP contribution in [0.4, 0.5) is 4.39 Å². The van der Waals surface area contributed by atoms with Crippen molar-refractivity contribution in [2.75, 3.05) is 20.2 Å². The molecular formula is C13H17BrFNO2. The predicted molar refractivity (Wildman–Crippen MR) is 71.6 cm³/mol. The lowest BCUT2D eigenvalue weighted by atomic mass is 9.92. The van der Waals surface area contributed by atoms with E-state index in [-0.39, 0.29) is 17.3 Å². The average Bonchev–Trinajstić information content (AvgIpc) is 2.40. The molecule has 1 aromatic rings. The standard InChI is InChI=1S/C13H17BrFNO2/c1-18-11-6-10(15)9(12(14)13(11)17)5-8-3-2-4-16-7-8/h6,8,16-17H,2-5,7H2,1H3. The van der Waals surface area contributed by atoms with Gasteiger partial charge < -0.3 is 15.2 Å². The van der Waals surface area contributed by atoms with Crippen molar-refractivity contribution in [3.05, 3.63) is 21.9 Å². The Balaban J connectivity index is 2.24. The van der Waals surface area contributed by atoms with Gasteiger partial charge >= 0.3 is 0 Å². The van der Waals surface area contributed by atoms with Gasteiger partial charge in [-0.1, -0.05) is 0 Å². The number of nitrogens with one attached hydrogen (secondary N) is 1. The predicted octanol–water partition coefficient (Wildman–Crippen LogP) is 2.84. The smallest absolute Gasteiger partial charge is 0.172 e. The van der Waals surface area contributed by atoms with E-state index in [1.807, 2.05) is 0 Å². The Hall–Kier alpha value is -0.810. The summed E-state index contributed by atoms with van der Waals surface area (Å²) in [4.78, 5) is 0. The van der Waals surface area contributed by atoms with E-state index >= 15 is 0 Å². The van der Waals surface area contributed by atoms with Gasteiger partial charge in [-0.05, 0) is 54.2 Å². The van der Waals surface area contributed by atoms with Gasteiger partial charge in [-0.25, -0.2) is 4.39 Å². The molecule has 1 aromatic carbocycles. The van der Waals surface area contributed by atoms with Gasteiger partial charge in [0.15, 0.2) is 11.5 Å². The summed E-state index contributed by atoms with van der Waals surface area (Å²) >= 11 is 3.26. The molecule has 1 heterocycles. The second-order valence-corrected chi connectivity index (χ2v) is 5.41. The molecule has 0 saturated carbocycles. The number of phenols is 1. The zero-order valence-electron chi connectivity index (χ0n) is 10.3. The molecule has 0 bridgehead atoms. The van der Waals surface area contributed by atoms with Crippen molar-refractivity contribution in [2.45, 2.75) is 19.3 Å². The lowest BCUT2D eigenvalue weighted by Gasteiger charge is -2.23. The molecule has 2 N–H and O–H groups in total. The van der Waals surface area contributed by atoms with E-state index < -0.39 is 0 Å². The van der Waals surface area contributed by atoms with E-state index in [0.29, 0.717) is 22.4 Å². The molecule has 1 fully saturated rings. The maximum absolute atomic E-state index is 14.0. The summed E-state index contributed by atoms with van der Waals surface area (Å²) < 4.78 is 19.3.